The first-order valence-corrected chi connectivity index (χ1v) is 6.77. The Kier molecular flexibility index (Phi) is 3.99. The second-order valence-electron chi connectivity index (χ2n) is 4.29. The van der Waals surface area contributed by atoms with E-state index < -0.39 is 0 Å². The molecule has 0 radical (unpaired) electrons. The maximum Gasteiger partial charge on any atom is 0.122 e. The molecule has 0 aliphatic carbocycles. The van der Waals surface area contributed by atoms with Gasteiger partial charge in [0.25, 0.3) is 0 Å². The third-order valence-corrected chi connectivity index (χ3v) is 4.01. The van der Waals surface area contributed by atoms with Gasteiger partial charge in [-0.2, -0.15) is 0 Å². The van der Waals surface area contributed by atoms with Gasteiger partial charge in [-0.25, -0.2) is 4.98 Å². The van der Waals surface area contributed by atoms with Crippen LogP contribution in [0.5, 0.6) is 5.75 Å². The van der Waals surface area contributed by atoms with Gasteiger partial charge in [0.15, 0.2) is 0 Å². The molecule has 1 aromatic heterocycles. The number of rotatable bonds is 4. The monoisotopic (exact) mass is 262 g/mol. The Balaban J connectivity index is 2.40. The Morgan fingerprint density at radius 1 is 1.28 bits per heavy atom. The van der Waals surface area contributed by atoms with Crippen molar-refractivity contribution in [2.45, 2.75) is 20.3 Å². The predicted molar refractivity (Wildman–Crippen MR) is 76.3 cm³/mol. The predicted octanol–water partition coefficient (Wildman–Crippen LogP) is 2.94. The van der Waals surface area contributed by atoms with E-state index in [0.29, 0.717) is 6.54 Å². The Labute approximate surface area is 112 Å². The molecule has 1 aromatic carbocycles. The van der Waals surface area contributed by atoms with Crippen LogP contribution in [0.3, 0.4) is 0 Å². The minimum absolute atomic E-state index is 0.646. The lowest BCUT2D eigenvalue weighted by Gasteiger charge is -2.09. The molecule has 0 unspecified atom stereocenters. The third kappa shape index (κ3) is 2.54. The van der Waals surface area contributed by atoms with Crippen LogP contribution in [-0.4, -0.2) is 18.6 Å². The smallest absolute Gasteiger partial charge is 0.122 e. The number of aryl methyl sites for hydroxylation is 2. The van der Waals surface area contributed by atoms with Crippen molar-refractivity contribution in [2.75, 3.05) is 13.7 Å². The number of ether oxygens (including phenoxy) is 1. The Morgan fingerprint density at radius 2 is 2.06 bits per heavy atom. The fourth-order valence-electron chi connectivity index (χ4n) is 1.95. The Bertz CT molecular complexity index is 549. The molecule has 2 rings (SSSR count). The molecule has 18 heavy (non-hydrogen) atoms. The van der Waals surface area contributed by atoms with Crippen LogP contribution in [0, 0.1) is 13.8 Å². The van der Waals surface area contributed by atoms with Crippen molar-refractivity contribution in [1.29, 1.82) is 0 Å². The zero-order valence-corrected chi connectivity index (χ0v) is 11.8. The number of hydrogen-bond donors (Lipinski definition) is 1. The van der Waals surface area contributed by atoms with E-state index in [-0.39, 0.29) is 0 Å². The summed E-state index contributed by atoms with van der Waals surface area (Å²) in [4.78, 5) is 5.60. The van der Waals surface area contributed by atoms with Gasteiger partial charge in [-0.3, -0.25) is 0 Å². The first-order chi connectivity index (χ1) is 8.65. The van der Waals surface area contributed by atoms with Crippen molar-refractivity contribution in [1.82, 2.24) is 4.98 Å². The topological polar surface area (TPSA) is 48.1 Å². The molecule has 0 aliphatic heterocycles. The number of nitrogens with two attached hydrogens (primary N) is 1. The van der Waals surface area contributed by atoms with E-state index in [2.05, 4.69) is 31.0 Å². The average Bonchev–Trinajstić information content (AvgIpc) is 2.80. The molecule has 4 heteroatoms. The molecular weight excluding hydrogens is 244 g/mol. The summed E-state index contributed by atoms with van der Waals surface area (Å²) in [5.74, 6) is 0.933. The van der Waals surface area contributed by atoms with E-state index in [1.807, 2.05) is 6.20 Å². The highest BCUT2D eigenvalue weighted by Gasteiger charge is 2.10. The van der Waals surface area contributed by atoms with Crippen molar-refractivity contribution in [3.05, 3.63) is 34.5 Å². The zero-order chi connectivity index (χ0) is 13.1. The van der Waals surface area contributed by atoms with E-state index in [1.165, 1.54) is 16.0 Å². The van der Waals surface area contributed by atoms with Gasteiger partial charge in [-0.05, 0) is 49.2 Å². The molecule has 0 fully saturated rings. The van der Waals surface area contributed by atoms with Crippen LogP contribution in [0.2, 0.25) is 0 Å². The minimum atomic E-state index is 0.646. The van der Waals surface area contributed by atoms with Gasteiger partial charge in [0.1, 0.15) is 5.75 Å². The van der Waals surface area contributed by atoms with E-state index >= 15 is 0 Å². The van der Waals surface area contributed by atoms with E-state index in [9.17, 15) is 0 Å². The SMILES string of the molecule is COc1cc(C)c(-c2cnc(CCN)s2)cc1C. The lowest BCUT2D eigenvalue weighted by molar-refractivity contribution is 0.411. The lowest BCUT2D eigenvalue weighted by atomic mass is 10.0. The van der Waals surface area contributed by atoms with Crippen LogP contribution in [-0.2, 0) is 6.42 Å². The highest BCUT2D eigenvalue weighted by atomic mass is 32.1. The summed E-state index contributed by atoms with van der Waals surface area (Å²) >= 11 is 1.71. The molecule has 0 saturated heterocycles. The number of methoxy groups -OCH3 is 1. The van der Waals surface area contributed by atoms with Gasteiger partial charge in [-0.15, -0.1) is 11.3 Å². The fourth-order valence-corrected chi connectivity index (χ4v) is 2.96. The summed E-state index contributed by atoms with van der Waals surface area (Å²) < 4.78 is 5.33. The molecule has 3 nitrogen and oxygen atoms in total. The summed E-state index contributed by atoms with van der Waals surface area (Å²) in [5.41, 5.74) is 9.14. The maximum absolute atomic E-state index is 5.55. The molecular formula is C14H18N2OS. The molecule has 0 saturated carbocycles. The van der Waals surface area contributed by atoms with E-state index in [4.69, 9.17) is 10.5 Å². The second-order valence-corrected chi connectivity index (χ2v) is 5.41. The van der Waals surface area contributed by atoms with Crippen LogP contribution >= 0.6 is 11.3 Å². The minimum Gasteiger partial charge on any atom is -0.496 e. The molecule has 2 aromatic rings. The van der Waals surface area contributed by atoms with Gasteiger partial charge in [0.05, 0.1) is 17.0 Å². The van der Waals surface area contributed by atoms with Crippen LogP contribution < -0.4 is 10.5 Å². The summed E-state index contributed by atoms with van der Waals surface area (Å²) in [5, 5.41) is 1.10. The quantitative estimate of drug-likeness (QED) is 0.921. The molecule has 0 bridgehead atoms. The largest absolute Gasteiger partial charge is 0.496 e. The molecule has 0 aliphatic rings. The van der Waals surface area contributed by atoms with E-state index in [0.717, 1.165) is 22.7 Å². The average molecular weight is 262 g/mol. The number of aromatic nitrogens is 1. The second kappa shape index (κ2) is 5.50. The highest BCUT2D eigenvalue weighted by molar-refractivity contribution is 7.15. The number of benzene rings is 1. The first kappa shape index (κ1) is 13.1. The number of hydrogen-bond acceptors (Lipinski definition) is 4. The third-order valence-electron chi connectivity index (χ3n) is 2.92. The number of nitrogens with zero attached hydrogens (tertiary/aromatic N) is 1. The van der Waals surface area contributed by atoms with Gasteiger partial charge in [-0.1, -0.05) is 0 Å². The van der Waals surface area contributed by atoms with Crippen molar-refractivity contribution in [3.8, 4) is 16.2 Å². The van der Waals surface area contributed by atoms with Crippen molar-refractivity contribution in [3.63, 3.8) is 0 Å². The normalized spacial score (nSPS) is 10.7. The summed E-state index contributed by atoms with van der Waals surface area (Å²) in [6, 6.07) is 4.24. The zero-order valence-electron chi connectivity index (χ0n) is 11.0. The van der Waals surface area contributed by atoms with Crippen LogP contribution in [0.25, 0.3) is 10.4 Å². The maximum atomic E-state index is 5.55. The fraction of sp³-hybridized carbons (Fsp3) is 0.357. The molecule has 0 amide bonds. The Hall–Kier alpha value is -1.39. The highest BCUT2D eigenvalue weighted by Crippen LogP contribution is 2.33. The summed E-state index contributed by atoms with van der Waals surface area (Å²) in [6.45, 7) is 4.80. The van der Waals surface area contributed by atoms with Gasteiger partial charge < -0.3 is 10.5 Å². The number of thiazole rings is 1. The molecule has 1 heterocycles. The first-order valence-electron chi connectivity index (χ1n) is 5.96. The standard InChI is InChI=1S/C14H18N2OS/c1-9-7-12(17-3)10(2)6-11(9)13-8-16-14(18-13)4-5-15/h6-8H,4-5,15H2,1-3H3. The van der Waals surface area contributed by atoms with Crippen molar-refractivity contribution in [2.24, 2.45) is 5.73 Å². The van der Waals surface area contributed by atoms with Gasteiger partial charge in [0.2, 0.25) is 0 Å². The summed E-state index contributed by atoms with van der Waals surface area (Å²) in [6.07, 6.45) is 2.78. The lowest BCUT2D eigenvalue weighted by Crippen LogP contribution is -2.01. The van der Waals surface area contributed by atoms with E-state index in [1.54, 1.807) is 18.4 Å². The summed E-state index contributed by atoms with van der Waals surface area (Å²) in [7, 11) is 1.70. The molecule has 0 spiro atoms. The van der Waals surface area contributed by atoms with Crippen molar-refractivity contribution < 1.29 is 4.74 Å². The molecule has 96 valence electrons. The van der Waals surface area contributed by atoms with Crippen molar-refractivity contribution >= 4 is 11.3 Å². The molecule has 0 atom stereocenters. The van der Waals surface area contributed by atoms with Crippen LogP contribution in [0.1, 0.15) is 16.1 Å². The van der Waals surface area contributed by atoms with Crippen LogP contribution in [0.15, 0.2) is 18.3 Å². The molecule has 2 N–H and O–H groups in total. The van der Waals surface area contributed by atoms with Gasteiger partial charge >= 0.3 is 0 Å². The Morgan fingerprint density at radius 3 is 2.72 bits per heavy atom. The van der Waals surface area contributed by atoms with Gasteiger partial charge in [0, 0.05) is 12.6 Å². The van der Waals surface area contributed by atoms with Crippen LogP contribution in [0.4, 0.5) is 0 Å².